The van der Waals surface area contributed by atoms with Crippen molar-refractivity contribution in [2.45, 2.75) is 45.4 Å². The van der Waals surface area contributed by atoms with Gasteiger partial charge in [-0.15, -0.1) is 11.3 Å². The minimum absolute atomic E-state index is 0.613. The standard InChI is InChI=1S/C17H20ClNOS/c1-2-13-8-9-14(21-13)11-20-17-5-3-4-16(18)15(17)10-19-12-6-7-12/h3-5,8-9,12,19H,2,6-7,10-11H2,1H3. The molecule has 1 heterocycles. The van der Waals surface area contributed by atoms with Crippen molar-refractivity contribution in [3.05, 3.63) is 50.7 Å². The molecule has 0 bridgehead atoms. The van der Waals surface area contributed by atoms with Gasteiger partial charge in [0.05, 0.1) is 0 Å². The third kappa shape index (κ3) is 4.00. The summed E-state index contributed by atoms with van der Waals surface area (Å²) in [7, 11) is 0. The molecule has 0 unspecified atom stereocenters. The lowest BCUT2D eigenvalue weighted by Crippen LogP contribution is -2.16. The summed E-state index contributed by atoms with van der Waals surface area (Å²) in [5.74, 6) is 0.891. The molecular formula is C17H20ClNOS. The Labute approximate surface area is 135 Å². The van der Waals surface area contributed by atoms with Gasteiger partial charge in [-0.05, 0) is 43.5 Å². The fraction of sp³-hybridized carbons (Fsp3) is 0.412. The average Bonchev–Trinajstić information content (AvgIpc) is 3.20. The molecule has 1 N–H and O–H groups in total. The Bertz CT molecular complexity index is 607. The van der Waals surface area contributed by atoms with E-state index in [1.165, 1.54) is 22.6 Å². The molecule has 4 heteroatoms. The summed E-state index contributed by atoms with van der Waals surface area (Å²) in [6.07, 6.45) is 3.63. The minimum atomic E-state index is 0.613. The quantitative estimate of drug-likeness (QED) is 0.791. The molecule has 112 valence electrons. The lowest BCUT2D eigenvalue weighted by Gasteiger charge is -2.13. The highest BCUT2D eigenvalue weighted by molar-refractivity contribution is 7.11. The van der Waals surface area contributed by atoms with Crippen molar-refractivity contribution in [1.29, 1.82) is 0 Å². The van der Waals surface area contributed by atoms with Crippen LogP contribution in [0.25, 0.3) is 0 Å². The predicted octanol–water partition coefficient (Wildman–Crippen LogP) is 4.79. The van der Waals surface area contributed by atoms with Gasteiger partial charge in [0, 0.05) is 32.9 Å². The first-order valence-electron chi connectivity index (χ1n) is 7.47. The van der Waals surface area contributed by atoms with E-state index in [0.29, 0.717) is 12.6 Å². The van der Waals surface area contributed by atoms with E-state index in [9.17, 15) is 0 Å². The average molecular weight is 322 g/mol. The second kappa shape index (κ2) is 6.82. The Kier molecular flexibility index (Phi) is 4.84. The Morgan fingerprint density at radius 3 is 2.76 bits per heavy atom. The van der Waals surface area contributed by atoms with Crippen molar-refractivity contribution in [3.63, 3.8) is 0 Å². The van der Waals surface area contributed by atoms with Crippen molar-refractivity contribution >= 4 is 22.9 Å². The van der Waals surface area contributed by atoms with Crippen molar-refractivity contribution in [1.82, 2.24) is 5.32 Å². The molecule has 1 aromatic heterocycles. The van der Waals surface area contributed by atoms with Crippen LogP contribution in [0.3, 0.4) is 0 Å². The van der Waals surface area contributed by atoms with Crippen molar-refractivity contribution in [3.8, 4) is 5.75 Å². The van der Waals surface area contributed by atoms with Gasteiger partial charge in [0.1, 0.15) is 12.4 Å². The maximum Gasteiger partial charge on any atom is 0.125 e. The van der Waals surface area contributed by atoms with E-state index in [1.807, 2.05) is 29.5 Å². The summed E-state index contributed by atoms with van der Waals surface area (Å²) in [6.45, 7) is 3.57. The lowest BCUT2D eigenvalue weighted by molar-refractivity contribution is 0.305. The number of thiophene rings is 1. The molecule has 2 nitrogen and oxygen atoms in total. The van der Waals surface area contributed by atoms with Crippen LogP contribution < -0.4 is 10.1 Å². The van der Waals surface area contributed by atoms with Gasteiger partial charge in [0.15, 0.2) is 0 Å². The zero-order chi connectivity index (χ0) is 14.7. The summed E-state index contributed by atoms with van der Waals surface area (Å²) in [5, 5.41) is 4.28. The van der Waals surface area contributed by atoms with E-state index in [4.69, 9.17) is 16.3 Å². The fourth-order valence-electron chi connectivity index (χ4n) is 2.22. The summed E-state index contributed by atoms with van der Waals surface area (Å²) in [6, 6.07) is 10.9. The highest BCUT2D eigenvalue weighted by Gasteiger charge is 2.21. The third-order valence-corrected chi connectivity index (χ3v) is 5.21. The Morgan fingerprint density at radius 1 is 1.24 bits per heavy atom. The minimum Gasteiger partial charge on any atom is -0.488 e. The summed E-state index contributed by atoms with van der Waals surface area (Å²) in [5.41, 5.74) is 1.07. The second-order valence-electron chi connectivity index (χ2n) is 5.38. The van der Waals surface area contributed by atoms with Gasteiger partial charge in [-0.1, -0.05) is 24.6 Å². The van der Waals surface area contributed by atoms with Gasteiger partial charge < -0.3 is 10.1 Å². The molecule has 0 radical (unpaired) electrons. The predicted molar refractivity (Wildman–Crippen MR) is 89.3 cm³/mol. The number of hydrogen-bond donors (Lipinski definition) is 1. The fourth-order valence-corrected chi connectivity index (χ4v) is 3.32. The van der Waals surface area contributed by atoms with E-state index < -0.39 is 0 Å². The van der Waals surface area contributed by atoms with Crippen LogP contribution in [0.15, 0.2) is 30.3 Å². The Morgan fingerprint density at radius 2 is 2.05 bits per heavy atom. The van der Waals surface area contributed by atoms with Crippen LogP contribution in [0.4, 0.5) is 0 Å². The molecule has 21 heavy (non-hydrogen) atoms. The normalized spacial score (nSPS) is 14.4. The summed E-state index contributed by atoms with van der Waals surface area (Å²) < 4.78 is 6.00. The molecule has 1 aromatic carbocycles. The zero-order valence-corrected chi connectivity index (χ0v) is 13.8. The Balaban J connectivity index is 1.66. The summed E-state index contributed by atoms with van der Waals surface area (Å²) >= 11 is 8.14. The first-order chi connectivity index (χ1) is 10.3. The number of nitrogens with one attached hydrogen (secondary N) is 1. The van der Waals surface area contributed by atoms with E-state index in [0.717, 1.165) is 29.3 Å². The van der Waals surface area contributed by atoms with E-state index in [1.54, 1.807) is 0 Å². The van der Waals surface area contributed by atoms with Gasteiger partial charge in [-0.3, -0.25) is 0 Å². The van der Waals surface area contributed by atoms with Crippen LogP contribution >= 0.6 is 22.9 Å². The zero-order valence-electron chi connectivity index (χ0n) is 12.2. The van der Waals surface area contributed by atoms with Gasteiger partial charge in [-0.25, -0.2) is 0 Å². The van der Waals surface area contributed by atoms with Gasteiger partial charge >= 0.3 is 0 Å². The van der Waals surface area contributed by atoms with Crippen LogP contribution in [-0.2, 0) is 19.6 Å². The van der Waals surface area contributed by atoms with Gasteiger partial charge in [0.2, 0.25) is 0 Å². The number of halogens is 1. The van der Waals surface area contributed by atoms with E-state index in [-0.39, 0.29) is 0 Å². The largest absolute Gasteiger partial charge is 0.488 e. The maximum atomic E-state index is 6.32. The molecule has 0 amide bonds. The van der Waals surface area contributed by atoms with E-state index >= 15 is 0 Å². The number of hydrogen-bond acceptors (Lipinski definition) is 3. The molecule has 1 saturated carbocycles. The monoisotopic (exact) mass is 321 g/mol. The molecule has 0 saturated heterocycles. The van der Waals surface area contributed by atoms with Crippen molar-refractivity contribution in [2.75, 3.05) is 0 Å². The first kappa shape index (κ1) is 14.9. The maximum absolute atomic E-state index is 6.32. The van der Waals surface area contributed by atoms with Crippen molar-refractivity contribution < 1.29 is 4.74 Å². The SMILES string of the molecule is CCc1ccc(COc2cccc(Cl)c2CNC2CC2)s1. The van der Waals surface area contributed by atoms with Crippen LogP contribution in [0.5, 0.6) is 5.75 Å². The van der Waals surface area contributed by atoms with Gasteiger partial charge in [0.25, 0.3) is 0 Å². The lowest BCUT2D eigenvalue weighted by atomic mass is 10.2. The molecular weight excluding hydrogens is 302 g/mol. The van der Waals surface area contributed by atoms with Gasteiger partial charge in [-0.2, -0.15) is 0 Å². The Hall–Kier alpha value is -1.03. The molecule has 1 aliphatic rings. The molecule has 1 aliphatic carbocycles. The molecule has 0 atom stereocenters. The third-order valence-electron chi connectivity index (χ3n) is 3.66. The molecule has 0 spiro atoms. The number of rotatable bonds is 7. The number of benzene rings is 1. The number of ether oxygens (including phenoxy) is 1. The molecule has 2 aromatic rings. The second-order valence-corrected chi connectivity index (χ2v) is 7.04. The van der Waals surface area contributed by atoms with E-state index in [2.05, 4.69) is 24.4 Å². The highest BCUT2D eigenvalue weighted by Crippen LogP contribution is 2.29. The molecule has 3 rings (SSSR count). The molecule has 1 fully saturated rings. The van der Waals surface area contributed by atoms with Crippen LogP contribution in [0.1, 0.15) is 35.1 Å². The smallest absolute Gasteiger partial charge is 0.125 e. The number of aryl methyl sites for hydroxylation is 1. The summed E-state index contributed by atoms with van der Waals surface area (Å²) in [4.78, 5) is 2.66. The topological polar surface area (TPSA) is 21.3 Å². The highest BCUT2D eigenvalue weighted by atomic mass is 35.5. The van der Waals surface area contributed by atoms with Crippen LogP contribution in [0.2, 0.25) is 5.02 Å². The molecule has 0 aliphatic heterocycles. The van der Waals surface area contributed by atoms with Crippen LogP contribution in [0, 0.1) is 0 Å². The van der Waals surface area contributed by atoms with Crippen LogP contribution in [-0.4, -0.2) is 6.04 Å². The van der Waals surface area contributed by atoms with Crippen molar-refractivity contribution in [2.24, 2.45) is 0 Å². The first-order valence-corrected chi connectivity index (χ1v) is 8.67.